The average Bonchev–Trinajstić information content (AvgIpc) is 2.94. The van der Waals surface area contributed by atoms with Crippen LogP contribution in [0.4, 0.5) is 0 Å². The molecule has 228 valence electrons. The van der Waals surface area contributed by atoms with Crippen LogP contribution in [-0.4, -0.2) is 120 Å². The van der Waals surface area contributed by atoms with Gasteiger partial charge in [0.2, 0.25) is 17.5 Å². The summed E-state index contributed by atoms with van der Waals surface area (Å²) in [5, 5.41) is 101. The maximum atomic E-state index is 13.7. The standard InChI is InChI=1S/C26H28O16/c27-6-15-18(34)20(36)24(42-25-21(37)17(33)13(32)7-38-25)26(40-15)41-23-19(35)16-12(31)4-9(28)5-14(16)39-22(23)8-1-2-10(29)11(30)3-8/h1-5,13,15,17-18,20-21,24-34,36-37H,6-7H2/t13-,15+,17+,18-,20+,21+,24+,25+,26+/m0/s1. The van der Waals surface area contributed by atoms with Crippen molar-refractivity contribution in [3.8, 4) is 40.1 Å². The number of benzene rings is 2. The Morgan fingerprint density at radius 1 is 0.833 bits per heavy atom. The largest absolute Gasteiger partial charge is 0.508 e. The molecule has 0 unspecified atom stereocenters. The molecular formula is C26H28O16. The van der Waals surface area contributed by atoms with Crippen molar-refractivity contribution in [2.45, 2.75) is 55.3 Å². The molecule has 5 rings (SSSR count). The predicted molar refractivity (Wildman–Crippen MR) is 136 cm³/mol. The van der Waals surface area contributed by atoms with E-state index < -0.39 is 114 Å². The molecule has 2 aromatic carbocycles. The summed E-state index contributed by atoms with van der Waals surface area (Å²) in [6.07, 6.45) is -15.5. The summed E-state index contributed by atoms with van der Waals surface area (Å²) < 4.78 is 28.0. The van der Waals surface area contributed by atoms with E-state index in [1.54, 1.807) is 0 Å². The molecule has 16 nitrogen and oxygen atoms in total. The molecule has 10 N–H and O–H groups in total. The number of rotatable bonds is 6. The topological polar surface area (TPSA) is 269 Å². The van der Waals surface area contributed by atoms with Gasteiger partial charge in [0.05, 0.1) is 13.2 Å². The van der Waals surface area contributed by atoms with Crippen LogP contribution < -0.4 is 10.2 Å². The van der Waals surface area contributed by atoms with E-state index in [-0.39, 0.29) is 11.1 Å². The molecule has 16 heteroatoms. The lowest BCUT2D eigenvalue weighted by Crippen LogP contribution is -2.64. The van der Waals surface area contributed by atoms with Gasteiger partial charge in [-0.1, -0.05) is 0 Å². The number of hydrogen-bond acceptors (Lipinski definition) is 16. The number of fused-ring (bicyclic) bond motifs is 1. The highest BCUT2D eigenvalue weighted by Crippen LogP contribution is 2.40. The molecule has 2 fully saturated rings. The number of aliphatic hydroxyl groups is 6. The third-order valence-electron chi connectivity index (χ3n) is 6.96. The molecule has 2 aliphatic rings. The lowest BCUT2D eigenvalue weighted by Gasteiger charge is -2.44. The van der Waals surface area contributed by atoms with Crippen LogP contribution in [0, 0.1) is 0 Å². The second kappa shape index (κ2) is 11.5. The molecule has 42 heavy (non-hydrogen) atoms. The molecule has 3 heterocycles. The van der Waals surface area contributed by atoms with E-state index in [0.717, 1.165) is 24.3 Å². The SMILES string of the molecule is O=c1c(O[C@H]2O[C@H](CO)[C@H](O)[C@@H](O)[C@H]2O[C@H]2OC[C@H](O)[C@@H](O)[C@H]2O)c(-c2ccc(O)c(O)c2)oc2cc(O)cc(O)c12. The fraction of sp³-hybridized carbons (Fsp3) is 0.423. The smallest absolute Gasteiger partial charge is 0.239 e. The molecule has 1 aromatic heterocycles. The van der Waals surface area contributed by atoms with Crippen molar-refractivity contribution in [3.05, 3.63) is 40.6 Å². The zero-order valence-electron chi connectivity index (χ0n) is 21.4. The van der Waals surface area contributed by atoms with Gasteiger partial charge in [-0.3, -0.25) is 4.79 Å². The minimum absolute atomic E-state index is 0.0437. The second-order valence-corrected chi connectivity index (χ2v) is 9.81. The monoisotopic (exact) mass is 596 g/mol. The van der Waals surface area contributed by atoms with Gasteiger partial charge in [-0.15, -0.1) is 0 Å². The minimum Gasteiger partial charge on any atom is -0.508 e. The minimum atomic E-state index is -1.90. The Morgan fingerprint density at radius 3 is 2.26 bits per heavy atom. The highest BCUT2D eigenvalue weighted by molar-refractivity contribution is 5.88. The number of ether oxygens (including phenoxy) is 4. The first-order valence-corrected chi connectivity index (χ1v) is 12.6. The molecule has 9 atom stereocenters. The van der Waals surface area contributed by atoms with Crippen molar-refractivity contribution in [1.29, 1.82) is 0 Å². The van der Waals surface area contributed by atoms with E-state index in [2.05, 4.69) is 0 Å². The van der Waals surface area contributed by atoms with Gasteiger partial charge in [0.1, 0.15) is 59.1 Å². The van der Waals surface area contributed by atoms with Gasteiger partial charge in [0.25, 0.3) is 0 Å². The fourth-order valence-electron chi connectivity index (χ4n) is 4.70. The van der Waals surface area contributed by atoms with E-state index in [1.165, 1.54) is 6.07 Å². The second-order valence-electron chi connectivity index (χ2n) is 9.81. The Labute approximate surface area is 235 Å². The summed E-state index contributed by atoms with van der Waals surface area (Å²) in [4.78, 5) is 13.7. The van der Waals surface area contributed by atoms with Gasteiger partial charge in [-0.2, -0.15) is 0 Å². The lowest BCUT2D eigenvalue weighted by molar-refractivity contribution is -0.345. The summed E-state index contributed by atoms with van der Waals surface area (Å²) in [5.74, 6) is -3.39. The first-order valence-electron chi connectivity index (χ1n) is 12.6. The highest BCUT2D eigenvalue weighted by Gasteiger charge is 2.50. The maximum Gasteiger partial charge on any atom is 0.239 e. The molecule has 0 bridgehead atoms. The molecular weight excluding hydrogens is 568 g/mol. The van der Waals surface area contributed by atoms with Crippen LogP contribution in [0.2, 0.25) is 0 Å². The van der Waals surface area contributed by atoms with E-state index in [9.17, 15) is 55.9 Å². The third-order valence-corrected chi connectivity index (χ3v) is 6.96. The Morgan fingerprint density at radius 2 is 1.57 bits per heavy atom. The summed E-state index contributed by atoms with van der Waals surface area (Å²) in [7, 11) is 0. The summed E-state index contributed by atoms with van der Waals surface area (Å²) in [5.41, 5.74) is -1.38. The van der Waals surface area contributed by atoms with E-state index in [0.29, 0.717) is 0 Å². The number of aliphatic hydroxyl groups excluding tert-OH is 6. The van der Waals surface area contributed by atoms with Gasteiger partial charge in [-0.25, -0.2) is 0 Å². The van der Waals surface area contributed by atoms with Crippen molar-refractivity contribution in [3.63, 3.8) is 0 Å². The van der Waals surface area contributed by atoms with Gasteiger partial charge < -0.3 is 74.4 Å². The number of phenolic OH excluding ortho intramolecular Hbond substituents is 4. The van der Waals surface area contributed by atoms with Crippen LogP contribution in [0.3, 0.4) is 0 Å². The van der Waals surface area contributed by atoms with Crippen LogP contribution in [0.25, 0.3) is 22.3 Å². The number of phenols is 4. The van der Waals surface area contributed by atoms with Crippen molar-refractivity contribution in [2.75, 3.05) is 13.2 Å². The molecule has 2 aliphatic heterocycles. The fourth-order valence-corrected chi connectivity index (χ4v) is 4.70. The van der Waals surface area contributed by atoms with Crippen molar-refractivity contribution >= 4 is 11.0 Å². The Kier molecular flexibility index (Phi) is 8.17. The lowest BCUT2D eigenvalue weighted by atomic mass is 9.98. The van der Waals surface area contributed by atoms with Crippen molar-refractivity contribution in [1.82, 2.24) is 0 Å². The molecule has 2 saturated heterocycles. The zero-order chi connectivity index (χ0) is 30.5. The van der Waals surface area contributed by atoms with Crippen LogP contribution in [-0.2, 0) is 14.2 Å². The van der Waals surface area contributed by atoms with Crippen LogP contribution in [0.15, 0.2) is 39.5 Å². The first-order chi connectivity index (χ1) is 19.9. The van der Waals surface area contributed by atoms with Crippen molar-refractivity contribution in [2.24, 2.45) is 0 Å². The highest BCUT2D eigenvalue weighted by atomic mass is 16.8. The molecule has 0 aliphatic carbocycles. The number of aromatic hydroxyl groups is 4. The molecule has 0 saturated carbocycles. The van der Waals surface area contributed by atoms with E-state index in [4.69, 9.17) is 23.4 Å². The Hall–Kier alpha value is -3.71. The maximum absolute atomic E-state index is 13.7. The Balaban J connectivity index is 1.62. The molecule has 3 aromatic rings. The van der Waals surface area contributed by atoms with Gasteiger partial charge in [0.15, 0.2) is 29.7 Å². The molecule has 0 radical (unpaired) electrons. The Bertz CT molecular complexity index is 1510. The average molecular weight is 596 g/mol. The summed E-state index contributed by atoms with van der Waals surface area (Å²) in [6, 6.07) is 5.21. The third kappa shape index (κ3) is 5.31. The zero-order valence-corrected chi connectivity index (χ0v) is 21.4. The van der Waals surface area contributed by atoms with Crippen LogP contribution in [0.1, 0.15) is 0 Å². The van der Waals surface area contributed by atoms with Gasteiger partial charge in [0, 0.05) is 17.7 Å². The van der Waals surface area contributed by atoms with E-state index >= 15 is 0 Å². The molecule has 0 amide bonds. The predicted octanol–water partition coefficient (Wildman–Crippen LogP) is -2.08. The van der Waals surface area contributed by atoms with E-state index in [1.807, 2.05) is 0 Å². The molecule has 0 spiro atoms. The first kappa shape index (κ1) is 29.8. The summed E-state index contributed by atoms with van der Waals surface area (Å²) in [6.45, 7) is -1.31. The normalized spacial score (nSPS) is 31.7. The number of hydrogen-bond donors (Lipinski definition) is 10. The van der Waals surface area contributed by atoms with Crippen molar-refractivity contribution < 1.29 is 74.4 Å². The van der Waals surface area contributed by atoms with Crippen LogP contribution >= 0.6 is 0 Å². The van der Waals surface area contributed by atoms with Gasteiger partial charge >= 0.3 is 0 Å². The van der Waals surface area contributed by atoms with Crippen LogP contribution in [0.5, 0.6) is 28.7 Å². The quantitative estimate of drug-likeness (QED) is 0.137. The summed E-state index contributed by atoms with van der Waals surface area (Å²) >= 11 is 0. The van der Waals surface area contributed by atoms with Gasteiger partial charge in [-0.05, 0) is 18.2 Å².